The summed E-state index contributed by atoms with van der Waals surface area (Å²) >= 11 is 6.18. The number of amides is 1. The van der Waals surface area contributed by atoms with Crippen LogP contribution in [0.5, 0.6) is 5.75 Å². The van der Waals surface area contributed by atoms with Gasteiger partial charge in [0.05, 0.1) is 0 Å². The highest BCUT2D eigenvalue weighted by Gasteiger charge is 2.18. The van der Waals surface area contributed by atoms with E-state index in [4.69, 9.17) is 20.9 Å². The van der Waals surface area contributed by atoms with Crippen molar-refractivity contribution in [2.24, 2.45) is 0 Å². The van der Waals surface area contributed by atoms with Crippen molar-refractivity contribution in [3.05, 3.63) is 64.0 Å². The maximum Gasteiger partial charge on any atom is 0.260 e. The quantitative estimate of drug-likeness (QED) is 0.559. The molecule has 0 aliphatic rings. The molecule has 2 aromatic carbocycles. The molecule has 0 bridgehead atoms. The fourth-order valence-corrected chi connectivity index (χ4v) is 3.10. The van der Waals surface area contributed by atoms with Crippen LogP contribution in [0.2, 0.25) is 5.02 Å². The zero-order chi connectivity index (χ0) is 21.0. The Kier molecular flexibility index (Phi) is 6.54. The molecule has 3 aromatic rings. The van der Waals surface area contributed by atoms with Gasteiger partial charge in [-0.1, -0.05) is 40.5 Å². The summed E-state index contributed by atoms with van der Waals surface area (Å²) in [5.41, 5.74) is 3.82. The van der Waals surface area contributed by atoms with Gasteiger partial charge in [-0.2, -0.15) is 4.98 Å². The predicted octanol–water partition coefficient (Wildman–Crippen LogP) is 4.74. The first-order valence-electron chi connectivity index (χ1n) is 9.44. The van der Waals surface area contributed by atoms with Crippen LogP contribution >= 0.6 is 11.6 Å². The van der Waals surface area contributed by atoms with Crippen molar-refractivity contribution in [3.63, 3.8) is 0 Å². The van der Waals surface area contributed by atoms with Crippen LogP contribution in [0.25, 0.3) is 11.4 Å². The molecule has 0 radical (unpaired) electrons. The van der Waals surface area contributed by atoms with Gasteiger partial charge in [0, 0.05) is 17.1 Å². The van der Waals surface area contributed by atoms with Gasteiger partial charge in [-0.25, -0.2) is 0 Å². The van der Waals surface area contributed by atoms with Gasteiger partial charge in [0.2, 0.25) is 11.7 Å². The fraction of sp³-hybridized carbons (Fsp3) is 0.318. The van der Waals surface area contributed by atoms with Crippen LogP contribution in [0.15, 0.2) is 40.9 Å². The third-order valence-corrected chi connectivity index (χ3v) is 5.17. The topological polar surface area (TPSA) is 68.5 Å². The predicted molar refractivity (Wildman–Crippen MR) is 112 cm³/mol. The molecule has 0 saturated heterocycles. The highest BCUT2D eigenvalue weighted by Crippen LogP contribution is 2.26. The molecule has 0 saturated carbocycles. The molecule has 1 heterocycles. The van der Waals surface area contributed by atoms with Crippen molar-refractivity contribution in [1.82, 2.24) is 15.0 Å². The number of carbonyl (C=O) groups excluding carboxylic acids is 1. The van der Waals surface area contributed by atoms with Gasteiger partial charge in [-0.15, -0.1) is 0 Å². The lowest BCUT2D eigenvalue weighted by atomic mass is 10.1. The van der Waals surface area contributed by atoms with Crippen molar-refractivity contribution in [2.75, 3.05) is 13.2 Å². The molecule has 29 heavy (non-hydrogen) atoms. The van der Waals surface area contributed by atoms with Crippen molar-refractivity contribution in [2.45, 2.75) is 34.2 Å². The Morgan fingerprint density at radius 3 is 2.55 bits per heavy atom. The largest absolute Gasteiger partial charge is 0.484 e. The first-order chi connectivity index (χ1) is 13.9. The number of aryl methyl sites for hydroxylation is 3. The zero-order valence-corrected chi connectivity index (χ0v) is 17.8. The molecule has 1 amide bonds. The van der Waals surface area contributed by atoms with Crippen LogP contribution in [-0.4, -0.2) is 34.1 Å². The average molecular weight is 414 g/mol. The van der Waals surface area contributed by atoms with Gasteiger partial charge in [-0.3, -0.25) is 4.79 Å². The summed E-state index contributed by atoms with van der Waals surface area (Å²) < 4.78 is 11.0. The lowest BCUT2D eigenvalue weighted by Gasteiger charge is -2.19. The van der Waals surface area contributed by atoms with Crippen molar-refractivity contribution >= 4 is 17.5 Å². The molecule has 0 spiro atoms. The molecule has 0 N–H and O–H groups in total. The molecule has 0 fully saturated rings. The van der Waals surface area contributed by atoms with Gasteiger partial charge in [-0.05, 0) is 57.0 Å². The van der Waals surface area contributed by atoms with Gasteiger partial charge >= 0.3 is 0 Å². The standard InChI is InChI=1S/C22H24ClN3O3/c1-5-26(20(27)13-28-18-10-15(3)21(23)16(4)11-18)12-19-24-22(25-29-19)17-8-6-7-14(2)9-17/h6-11H,5,12-13H2,1-4H3. The highest BCUT2D eigenvalue weighted by molar-refractivity contribution is 6.32. The number of aromatic nitrogens is 2. The summed E-state index contributed by atoms with van der Waals surface area (Å²) in [4.78, 5) is 18.6. The Morgan fingerprint density at radius 1 is 1.17 bits per heavy atom. The van der Waals surface area contributed by atoms with E-state index < -0.39 is 0 Å². The normalized spacial score (nSPS) is 10.8. The minimum atomic E-state index is -0.159. The van der Waals surface area contributed by atoms with Crippen LogP contribution < -0.4 is 4.74 Å². The lowest BCUT2D eigenvalue weighted by Crippen LogP contribution is -2.34. The number of likely N-dealkylation sites (N-methyl/N-ethyl adjacent to an activating group) is 1. The minimum absolute atomic E-state index is 0.0762. The molecule has 0 aliphatic carbocycles. The molecule has 1 aromatic heterocycles. The maximum atomic E-state index is 12.6. The molecule has 3 rings (SSSR count). The van der Waals surface area contributed by atoms with E-state index in [1.807, 2.05) is 64.1 Å². The van der Waals surface area contributed by atoms with E-state index in [2.05, 4.69) is 10.1 Å². The lowest BCUT2D eigenvalue weighted by molar-refractivity contribution is -0.134. The first-order valence-corrected chi connectivity index (χ1v) is 9.82. The van der Waals surface area contributed by atoms with E-state index in [0.717, 1.165) is 22.3 Å². The Hall–Kier alpha value is -2.86. The monoisotopic (exact) mass is 413 g/mol. The summed E-state index contributed by atoms with van der Waals surface area (Å²) in [6, 6.07) is 11.5. The number of rotatable bonds is 7. The SMILES string of the molecule is CCN(Cc1nc(-c2cccc(C)c2)no1)C(=O)COc1cc(C)c(Cl)c(C)c1. The summed E-state index contributed by atoms with van der Waals surface area (Å²) in [5.74, 6) is 1.35. The molecule has 152 valence electrons. The van der Waals surface area contributed by atoms with E-state index in [1.165, 1.54) is 0 Å². The second-order valence-electron chi connectivity index (χ2n) is 6.95. The van der Waals surface area contributed by atoms with Crippen LogP contribution in [0.4, 0.5) is 0 Å². The van der Waals surface area contributed by atoms with Crippen molar-refractivity contribution < 1.29 is 14.1 Å². The fourth-order valence-electron chi connectivity index (χ4n) is 2.99. The van der Waals surface area contributed by atoms with Gasteiger partial charge in [0.1, 0.15) is 12.3 Å². The number of hydrogen-bond donors (Lipinski definition) is 0. The molecule has 0 unspecified atom stereocenters. The van der Waals surface area contributed by atoms with Crippen LogP contribution in [0.1, 0.15) is 29.5 Å². The van der Waals surface area contributed by atoms with Gasteiger partial charge in [0.15, 0.2) is 6.61 Å². The molecule has 0 aliphatic heterocycles. The van der Waals surface area contributed by atoms with Gasteiger partial charge in [0.25, 0.3) is 5.91 Å². The second-order valence-corrected chi connectivity index (χ2v) is 7.33. The average Bonchev–Trinajstić information content (AvgIpc) is 3.17. The van der Waals surface area contributed by atoms with Crippen LogP contribution in [-0.2, 0) is 11.3 Å². The summed E-state index contributed by atoms with van der Waals surface area (Å²) in [7, 11) is 0. The summed E-state index contributed by atoms with van der Waals surface area (Å²) in [5, 5.41) is 4.74. The molecule has 0 atom stereocenters. The van der Waals surface area contributed by atoms with Crippen molar-refractivity contribution in [1.29, 1.82) is 0 Å². The second kappa shape index (κ2) is 9.09. The Balaban J connectivity index is 1.63. The zero-order valence-electron chi connectivity index (χ0n) is 17.0. The Morgan fingerprint density at radius 2 is 1.90 bits per heavy atom. The third-order valence-electron chi connectivity index (χ3n) is 4.58. The maximum absolute atomic E-state index is 12.6. The Labute approximate surface area is 175 Å². The number of nitrogens with zero attached hydrogens (tertiary/aromatic N) is 3. The van der Waals surface area contributed by atoms with Crippen LogP contribution in [0, 0.1) is 20.8 Å². The smallest absolute Gasteiger partial charge is 0.260 e. The number of hydrogen-bond acceptors (Lipinski definition) is 5. The molecular weight excluding hydrogens is 390 g/mol. The van der Waals surface area contributed by atoms with Crippen molar-refractivity contribution in [3.8, 4) is 17.1 Å². The van der Waals surface area contributed by atoms with Gasteiger partial charge < -0.3 is 14.2 Å². The summed E-state index contributed by atoms with van der Waals surface area (Å²) in [6.45, 7) is 8.37. The molecular formula is C22H24ClN3O3. The van der Waals surface area contributed by atoms with Crippen LogP contribution in [0.3, 0.4) is 0 Å². The number of benzene rings is 2. The Bertz CT molecular complexity index is 993. The van der Waals surface area contributed by atoms with E-state index in [-0.39, 0.29) is 19.1 Å². The van der Waals surface area contributed by atoms with E-state index in [1.54, 1.807) is 4.90 Å². The van der Waals surface area contributed by atoms with E-state index >= 15 is 0 Å². The molecule has 6 nitrogen and oxygen atoms in total. The number of halogens is 1. The van der Waals surface area contributed by atoms with E-state index in [0.29, 0.717) is 29.0 Å². The highest BCUT2D eigenvalue weighted by atomic mass is 35.5. The third kappa shape index (κ3) is 5.15. The summed E-state index contributed by atoms with van der Waals surface area (Å²) in [6.07, 6.45) is 0. The van der Waals surface area contributed by atoms with E-state index in [9.17, 15) is 4.79 Å². The minimum Gasteiger partial charge on any atom is -0.484 e. The molecule has 7 heteroatoms. The number of carbonyl (C=O) groups is 1. The first kappa shape index (κ1) is 20.9. The number of ether oxygens (including phenoxy) is 1.